The fourth-order valence-corrected chi connectivity index (χ4v) is 1.58. The third-order valence-electron chi connectivity index (χ3n) is 2.44. The van der Waals surface area contributed by atoms with Crippen molar-refractivity contribution < 1.29 is 18.3 Å². The number of rotatable bonds is 6. The maximum Gasteiger partial charge on any atom is 0.132 e. The first-order valence-electron chi connectivity index (χ1n) is 5.39. The smallest absolute Gasteiger partial charge is 0.132 e. The molecule has 1 N–H and O–H groups in total. The molecule has 4 heteroatoms. The third kappa shape index (κ3) is 3.85. The number of hydrogen-bond donors (Lipinski definition) is 1. The van der Waals surface area contributed by atoms with Crippen molar-refractivity contribution in [3.05, 3.63) is 35.1 Å². The number of hydrogen-bond acceptors (Lipinski definition) is 1. The van der Waals surface area contributed by atoms with Gasteiger partial charge in [0.2, 0.25) is 0 Å². The van der Waals surface area contributed by atoms with Crippen molar-refractivity contribution in [3.63, 3.8) is 0 Å². The maximum absolute atomic E-state index is 13.2. The van der Waals surface area contributed by atoms with Crippen LogP contribution < -0.4 is 0 Å². The first kappa shape index (κ1) is 13.0. The average molecular weight is 232 g/mol. The van der Waals surface area contributed by atoms with Crippen LogP contribution in [0, 0.1) is 17.5 Å². The van der Waals surface area contributed by atoms with E-state index in [1.807, 2.05) is 0 Å². The van der Waals surface area contributed by atoms with Gasteiger partial charge in [-0.1, -0.05) is 12.8 Å². The van der Waals surface area contributed by atoms with Gasteiger partial charge >= 0.3 is 0 Å². The molecule has 90 valence electrons. The van der Waals surface area contributed by atoms with Gasteiger partial charge in [0.1, 0.15) is 17.5 Å². The van der Waals surface area contributed by atoms with Crippen molar-refractivity contribution in [1.82, 2.24) is 0 Å². The first-order valence-corrected chi connectivity index (χ1v) is 5.39. The van der Waals surface area contributed by atoms with Gasteiger partial charge in [0, 0.05) is 24.3 Å². The van der Waals surface area contributed by atoms with Crippen molar-refractivity contribution in [2.75, 3.05) is 6.61 Å². The Morgan fingerprint density at radius 1 is 0.875 bits per heavy atom. The summed E-state index contributed by atoms with van der Waals surface area (Å²) in [5.74, 6) is -2.53. The van der Waals surface area contributed by atoms with E-state index in [0.717, 1.165) is 12.8 Å². The summed E-state index contributed by atoms with van der Waals surface area (Å²) in [6, 6.07) is 1.40. The van der Waals surface area contributed by atoms with E-state index in [1.165, 1.54) is 0 Å². The highest BCUT2D eigenvalue weighted by atomic mass is 19.1. The summed E-state index contributed by atoms with van der Waals surface area (Å²) in [6.45, 7) is 0.138. The molecule has 0 bridgehead atoms. The molecule has 1 rings (SSSR count). The van der Waals surface area contributed by atoms with Crippen LogP contribution in [0.4, 0.5) is 13.2 Å². The van der Waals surface area contributed by atoms with Crippen LogP contribution in [0.2, 0.25) is 0 Å². The van der Waals surface area contributed by atoms with Crippen LogP contribution in [0.15, 0.2) is 12.1 Å². The van der Waals surface area contributed by atoms with Crippen LogP contribution in [0.5, 0.6) is 0 Å². The van der Waals surface area contributed by atoms with Crippen molar-refractivity contribution in [2.45, 2.75) is 32.1 Å². The van der Waals surface area contributed by atoms with Gasteiger partial charge in [0.25, 0.3) is 0 Å². The SMILES string of the molecule is OCCCCCCc1c(F)cc(F)cc1F. The van der Waals surface area contributed by atoms with E-state index in [0.29, 0.717) is 25.0 Å². The van der Waals surface area contributed by atoms with Crippen molar-refractivity contribution >= 4 is 0 Å². The minimum Gasteiger partial charge on any atom is -0.396 e. The van der Waals surface area contributed by atoms with E-state index in [1.54, 1.807) is 0 Å². The summed E-state index contributed by atoms with van der Waals surface area (Å²) in [4.78, 5) is 0. The van der Waals surface area contributed by atoms with E-state index >= 15 is 0 Å². The van der Waals surface area contributed by atoms with Crippen molar-refractivity contribution in [3.8, 4) is 0 Å². The molecule has 0 spiro atoms. The highest BCUT2D eigenvalue weighted by Crippen LogP contribution is 2.17. The van der Waals surface area contributed by atoms with E-state index in [4.69, 9.17) is 5.11 Å². The second-order valence-corrected chi connectivity index (χ2v) is 3.74. The lowest BCUT2D eigenvalue weighted by Crippen LogP contribution is -1.98. The minimum atomic E-state index is -0.890. The summed E-state index contributed by atoms with van der Waals surface area (Å²) in [7, 11) is 0. The average Bonchev–Trinajstić information content (AvgIpc) is 2.20. The first-order chi connectivity index (χ1) is 7.65. The standard InChI is InChI=1S/C12H15F3O/c13-9-7-11(14)10(12(15)8-9)5-3-1-2-4-6-16/h7-8,16H,1-6H2. The Morgan fingerprint density at radius 2 is 1.44 bits per heavy atom. The molecule has 1 aromatic rings. The van der Waals surface area contributed by atoms with Gasteiger partial charge in [-0.15, -0.1) is 0 Å². The Kier molecular flexibility index (Phi) is 5.32. The van der Waals surface area contributed by atoms with E-state index < -0.39 is 17.5 Å². The summed E-state index contributed by atoms with van der Waals surface area (Å²) in [6.07, 6.45) is 3.25. The highest BCUT2D eigenvalue weighted by molar-refractivity contribution is 5.20. The van der Waals surface area contributed by atoms with Crippen LogP contribution in [-0.2, 0) is 6.42 Å². The fourth-order valence-electron chi connectivity index (χ4n) is 1.58. The van der Waals surface area contributed by atoms with E-state index in [-0.39, 0.29) is 18.6 Å². The van der Waals surface area contributed by atoms with E-state index in [9.17, 15) is 13.2 Å². The number of halogens is 3. The second-order valence-electron chi connectivity index (χ2n) is 3.74. The van der Waals surface area contributed by atoms with Gasteiger partial charge in [-0.2, -0.15) is 0 Å². The van der Waals surface area contributed by atoms with Gasteiger partial charge in [-0.25, -0.2) is 13.2 Å². The summed E-state index contributed by atoms with van der Waals surface area (Å²) >= 11 is 0. The number of aliphatic hydroxyl groups excluding tert-OH is 1. The number of benzene rings is 1. The fraction of sp³-hybridized carbons (Fsp3) is 0.500. The lowest BCUT2D eigenvalue weighted by Gasteiger charge is -2.05. The normalized spacial score (nSPS) is 10.8. The molecule has 16 heavy (non-hydrogen) atoms. The monoisotopic (exact) mass is 232 g/mol. The Labute approximate surface area is 92.9 Å². The Hall–Kier alpha value is -1.03. The molecule has 1 aromatic carbocycles. The van der Waals surface area contributed by atoms with Crippen LogP contribution in [0.1, 0.15) is 31.2 Å². The van der Waals surface area contributed by atoms with Crippen LogP contribution >= 0.6 is 0 Å². The molecule has 0 amide bonds. The molecule has 0 aliphatic carbocycles. The van der Waals surface area contributed by atoms with Crippen LogP contribution in [-0.4, -0.2) is 11.7 Å². The van der Waals surface area contributed by atoms with Crippen molar-refractivity contribution in [2.24, 2.45) is 0 Å². The number of unbranched alkanes of at least 4 members (excludes halogenated alkanes) is 3. The van der Waals surface area contributed by atoms with Gasteiger partial charge in [0.05, 0.1) is 0 Å². The zero-order valence-electron chi connectivity index (χ0n) is 8.98. The molecule has 0 aliphatic rings. The number of aliphatic hydroxyl groups is 1. The Balaban J connectivity index is 2.47. The summed E-state index contributed by atoms with van der Waals surface area (Å²) in [5.41, 5.74) is -0.0506. The molecule has 0 aromatic heterocycles. The zero-order chi connectivity index (χ0) is 12.0. The molecule has 0 aliphatic heterocycles. The molecule has 0 unspecified atom stereocenters. The van der Waals surface area contributed by atoms with E-state index in [2.05, 4.69) is 0 Å². The quantitative estimate of drug-likeness (QED) is 0.747. The molecule has 0 radical (unpaired) electrons. The molecular formula is C12H15F3O. The van der Waals surface area contributed by atoms with Crippen molar-refractivity contribution in [1.29, 1.82) is 0 Å². The lowest BCUT2D eigenvalue weighted by atomic mass is 10.0. The van der Waals surface area contributed by atoms with Gasteiger partial charge < -0.3 is 5.11 Å². The van der Waals surface area contributed by atoms with Gasteiger partial charge in [0.15, 0.2) is 0 Å². The lowest BCUT2D eigenvalue weighted by molar-refractivity contribution is 0.282. The second kappa shape index (κ2) is 6.53. The Morgan fingerprint density at radius 3 is 2.00 bits per heavy atom. The van der Waals surface area contributed by atoms with Crippen LogP contribution in [0.3, 0.4) is 0 Å². The largest absolute Gasteiger partial charge is 0.396 e. The predicted octanol–water partition coefficient (Wildman–Crippen LogP) is 3.20. The third-order valence-corrected chi connectivity index (χ3v) is 2.44. The predicted molar refractivity (Wildman–Crippen MR) is 55.6 cm³/mol. The molecule has 0 fully saturated rings. The molecule has 0 heterocycles. The molecule has 1 nitrogen and oxygen atoms in total. The topological polar surface area (TPSA) is 20.2 Å². The van der Waals surface area contributed by atoms with Gasteiger partial charge in [-0.3, -0.25) is 0 Å². The molecule has 0 atom stereocenters. The summed E-state index contributed by atoms with van der Waals surface area (Å²) in [5, 5.41) is 8.54. The molecule has 0 saturated heterocycles. The van der Waals surface area contributed by atoms with Crippen LogP contribution in [0.25, 0.3) is 0 Å². The zero-order valence-corrected chi connectivity index (χ0v) is 8.98. The Bertz CT molecular complexity index is 316. The minimum absolute atomic E-state index is 0.0506. The highest BCUT2D eigenvalue weighted by Gasteiger charge is 2.10. The summed E-state index contributed by atoms with van der Waals surface area (Å²) < 4.78 is 38.9. The molecule has 0 saturated carbocycles. The maximum atomic E-state index is 13.2. The molecular weight excluding hydrogens is 217 g/mol. The van der Waals surface area contributed by atoms with Gasteiger partial charge in [-0.05, 0) is 19.3 Å².